The molecule has 0 saturated carbocycles. The molecule has 0 atom stereocenters. The summed E-state index contributed by atoms with van der Waals surface area (Å²) in [6, 6.07) is 1.58. The lowest BCUT2D eigenvalue weighted by atomic mass is 10.1. The Balaban J connectivity index is 0.000000492. The minimum Gasteiger partial charge on any atom is -0.754 e. The Morgan fingerprint density at radius 3 is 2.44 bits per heavy atom. The molecule has 1 aliphatic heterocycles. The van der Waals surface area contributed by atoms with Crippen molar-refractivity contribution in [1.82, 2.24) is 4.98 Å². The molecule has 0 spiro atoms. The van der Waals surface area contributed by atoms with Crippen LogP contribution in [-0.2, 0) is 0 Å². The summed E-state index contributed by atoms with van der Waals surface area (Å²) in [6.45, 7) is 3.84. The van der Waals surface area contributed by atoms with Crippen LogP contribution in [0.25, 0.3) is 0 Å². The highest BCUT2D eigenvalue weighted by atomic mass is 16.5. The zero-order valence-electron chi connectivity index (χ0n) is 10.7. The van der Waals surface area contributed by atoms with E-state index in [9.17, 15) is 5.21 Å². The first kappa shape index (κ1) is 14.3. The molecule has 1 aliphatic rings. The second-order valence-corrected chi connectivity index (χ2v) is 4.06. The third kappa shape index (κ3) is 3.63. The summed E-state index contributed by atoms with van der Waals surface area (Å²) in [7, 11) is 0. The van der Waals surface area contributed by atoms with Crippen molar-refractivity contribution in [2.75, 3.05) is 36.1 Å². The van der Waals surface area contributed by atoms with Crippen molar-refractivity contribution in [3.05, 3.63) is 11.3 Å². The molecule has 1 aromatic heterocycles. The normalized spacial score (nSPS) is 14.9. The first-order chi connectivity index (χ1) is 8.60. The van der Waals surface area contributed by atoms with E-state index in [0.29, 0.717) is 10.5 Å². The summed E-state index contributed by atoms with van der Waals surface area (Å²) in [5.41, 5.74) is 11.0. The molecule has 2 heterocycles. The highest BCUT2D eigenvalue weighted by Crippen LogP contribution is 2.18. The van der Waals surface area contributed by atoms with Crippen molar-refractivity contribution in [3.63, 3.8) is 0 Å². The third-order valence-corrected chi connectivity index (χ3v) is 2.63. The molecular formula is C11H21N5O2. The van der Waals surface area contributed by atoms with Crippen molar-refractivity contribution < 1.29 is 9.84 Å². The van der Waals surface area contributed by atoms with Crippen molar-refractivity contribution in [2.24, 2.45) is 0 Å². The van der Waals surface area contributed by atoms with E-state index >= 15 is 0 Å². The molecule has 1 aromatic rings. The molecule has 0 bridgehead atoms. The van der Waals surface area contributed by atoms with Gasteiger partial charge in [-0.3, -0.25) is 0 Å². The third-order valence-electron chi connectivity index (χ3n) is 2.63. The van der Waals surface area contributed by atoms with E-state index in [4.69, 9.17) is 16.6 Å². The SMILES string of the molecule is CCO.Nc1cc(N2CCCCC2)nc(N)[n+]1[O-]. The lowest BCUT2D eigenvalue weighted by molar-refractivity contribution is -0.576. The number of piperidine rings is 1. The van der Waals surface area contributed by atoms with E-state index in [1.165, 1.54) is 6.42 Å². The van der Waals surface area contributed by atoms with Gasteiger partial charge in [-0.05, 0) is 26.2 Å². The van der Waals surface area contributed by atoms with Gasteiger partial charge in [0.05, 0.1) is 6.07 Å². The average molecular weight is 255 g/mol. The fourth-order valence-electron chi connectivity index (χ4n) is 1.80. The minimum atomic E-state index is -0.0874. The number of nitrogens with two attached hydrogens (primary N) is 2. The van der Waals surface area contributed by atoms with Crippen LogP contribution >= 0.6 is 0 Å². The van der Waals surface area contributed by atoms with Crippen molar-refractivity contribution in [2.45, 2.75) is 26.2 Å². The van der Waals surface area contributed by atoms with Gasteiger partial charge in [0.25, 0.3) is 0 Å². The standard InChI is InChI=1S/C9H15N5O.C2H6O/c10-7-6-8(12-9(11)14(7)15)13-4-2-1-3-5-13;1-2-3/h6H,1-5,10H2,(H2,11,12);3H,2H2,1H3. The Kier molecular flexibility index (Phi) is 5.44. The lowest BCUT2D eigenvalue weighted by Crippen LogP contribution is -2.38. The summed E-state index contributed by atoms with van der Waals surface area (Å²) in [5.74, 6) is 0.718. The van der Waals surface area contributed by atoms with Gasteiger partial charge >= 0.3 is 5.95 Å². The van der Waals surface area contributed by atoms with Gasteiger partial charge in [0.1, 0.15) is 0 Å². The highest BCUT2D eigenvalue weighted by Gasteiger charge is 2.16. The van der Waals surface area contributed by atoms with Gasteiger partial charge in [-0.25, -0.2) is 4.73 Å². The van der Waals surface area contributed by atoms with Gasteiger partial charge in [0.15, 0.2) is 11.6 Å². The largest absolute Gasteiger partial charge is 0.754 e. The summed E-state index contributed by atoms with van der Waals surface area (Å²) >= 11 is 0. The number of nitrogens with zero attached hydrogens (tertiary/aromatic N) is 3. The Hall–Kier alpha value is -1.76. The van der Waals surface area contributed by atoms with E-state index in [-0.39, 0.29) is 18.4 Å². The maximum absolute atomic E-state index is 11.2. The maximum atomic E-state index is 11.2. The molecule has 0 aromatic carbocycles. The van der Waals surface area contributed by atoms with Crippen LogP contribution in [0.15, 0.2) is 6.07 Å². The summed E-state index contributed by atoms with van der Waals surface area (Å²) in [4.78, 5) is 6.14. The van der Waals surface area contributed by atoms with Crippen molar-refractivity contribution in [3.8, 4) is 0 Å². The van der Waals surface area contributed by atoms with Crippen LogP contribution in [0.4, 0.5) is 17.6 Å². The minimum absolute atomic E-state index is 0.0874. The number of rotatable bonds is 1. The maximum Gasteiger partial charge on any atom is 0.346 e. The van der Waals surface area contributed by atoms with Crippen LogP contribution in [0.2, 0.25) is 0 Å². The molecular weight excluding hydrogens is 234 g/mol. The van der Waals surface area contributed by atoms with Crippen LogP contribution in [0, 0.1) is 5.21 Å². The molecule has 0 aliphatic carbocycles. The Morgan fingerprint density at radius 2 is 1.94 bits per heavy atom. The molecule has 1 saturated heterocycles. The van der Waals surface area contributed by atoms with Gasteiger partial charge in [-0.15, -0.1) is 0 Å². The number of aliphatic hydroxyl groups is 1. The van der Waals surface area contributed by atoms with Crippen molar-refractivity contribution >= 4 is 17.6 Å². The Bertz CT molecular complexity index is 357. The zero-order valence-corrected chi connectivity index (χ0v) is 10.7. The Labute approximate surface area is 107 Å². The van der Waals surface area contributed by atoms with E-state index in [1.807, 2.05) is 0 Å². The molecule has 0 amide bonds. The van der Waals surface area contributed by atoms with Crippen LogP contribution in [0.3, 0.4) is 0 Å². The number of hydrogen-bond acceptors (Lipinski definition) is 6. The monoisotopic (exact) mass is 255 g/mol. The zero-order chi connectivity index (χ0) is 13.5. The lowest BCUT2D eigenvalue weighted by Gasteiger charge is -2.26. The molecule has 2 rings (SSSR count). The van der Waals surface area contributed by atoms with Crippen LogP contribution in [-0.4, -0.2) is 29.8 Å². The molecule has 1 fully saturated rings. The molecule has 5 N–H and O–H groups in total. The first-order valence-electron chi connectivity index (χ1n) is 6.11. The quantitative estimate of drug-likeness (QED) is 0.475. The van der Waals surface area contributed by atoms with E-state index in [1.54, 1.807) is 13.0 Å². The number of hydrogen-bond donors (Lipinski definition) is 3. The average Bonchev–Trinajstić information content (AvgIpc) is 2.37. The molecule has 7 nitrogen and oxygen atoms in total. The molecule has 0 radical (unpaired) electrons. The summed E-state index contributed by atoms with van der Waals surface area (Å²) in [6.07, 6.45) is 3.54. The topological polar surface area (TPSA) is 115 Å². The van der Waals surface area contributed by atoms with Gasteiger partial charge in [0, 0.05) is 19.7 Å². The fraction of sp³-hybridized carbons (Fsp3) is 0.636. The number of aromatic nitrogens is 2. The second-order valence-electron chi connectivity index (χ2n) is 4.06. The molecule has 102 valence electrons. The number of aliphatic hydroxyl groups excluding tert-OH is 1. The molecule has 0 unspecified atom stereocenters. The van der Waals surface area contributed by atoms with Crippen LogP contribution in [0.5, 0.6) is 0 Å². The Morgan fingerprint density at radius 1 is 1.39 bits per heavy atom. The van der Waals surface area contributed by atoms with Gasteiger partial charge in [0.2, 0.25) is 0 Å². The predicted octanol–water partition coefficient (Wildman–Crippen LogP) is -0.132. The summed E-state index contributed by atoms with van der Waals surface area (Å²) < 4.78 is 0.438. The van der Waals surface area contributed by atoms with Crippen molar-refractivity contribution in [1.29, 1.82) is 0 Å². The van der Waals surface area contributed by atoms with Gasteiger partial charge in [-0.2, -0.15) is 0 Å². The van der Waals surface area contributed by atoms with Crippen LogP contribution in [0.1, 0.15) is 26.2 Å². The van der Waals surface area contributed by atoms with Gasteiger partial charge in [-0.1, -0.05) is 4.98 Å². The number of nitrogen functional groups attached to an aromatic ring is 2. The molecule has 18 heavy (non-hydrogen) atoms. The van der Waals surface area contributed by atoms with E-state index < -0.39 is 0 Å². The second kappa shape index (κ2) is 6.85. The van der Waals surface area contributed by atoms with E-state index in [2.05, 4.69) is 9.88 Å². The first-order valence-corrected chi connectivity index (χ1v) is 6.11. The van der Waals surface area contributed by atoms with Gasteiger partial charge < -0.3 is 26.7 Å². The molecule has 7 heteroatoms. The highest BCUT2D eigenvalue weighted by molar-refractivity contribution is 5.46. The summed E-state index contributed by atoms with van der Waals surface area (Å²) in [5, 5.41) is 18.8. The smallest absolute Gasteiger partial charge is 0.346 e. The number of anilines is 3. The predicted molar refractivity (Wildman–Crippen MR) is 70.8 cm³/mol. The fourth-order valence-corrected chi connectivity index (χ4v) is 1.80. The van der Waals surface area contributed by atoms with Crippen LogP contribution < -0.4 is 21.1 Å². The van der Waals surface area contributed by atoms with E-state index in [0.717, 1.165) is 25.9 Å².